The van der Waals surface area contributed by atoms with Crippen LogP contribution < -0.4 is 10.1 Å². The summed E-state index contributed by atoms with van der Waals surface area (Å²) >= 11 is 5.81. The fraction of sp³-hybridized carbons (Fsp3) is 0.211. The molecule has 0 radical (unpaired) electrons. The van der Waals surface area contributed by atoms with E-state index in [2.05, 4.69) is 15.5 Å². The standard InChI is InChI=1S/C19H18ClN3O3/c1-12(2)18-22-19(26-23-18)13-3-9-16(10-4-13)25-11-17(24)21-15-7-5-14(20)6-8-15/h3-10,12H,11H2,1-2H3,(H,21,24). The summed E-state index contributed by atoms with van der Waals surface area (Å²) < 4.78 is 10.7. The van der Waals surface area contributed by atoms with Crippen molar-refractivity contribution in [2.45, 2.75) is 19.8 Å². The molecule has 0 aliphatic heterocycles. The van der Waals surface area contributed by atoms with E-state index in [1.165, 1.54) is 0 Å². The van der Waals surface area contributed by atoms with Gasteiger partial charge < -0.3 is 14.6 Å². The smallest absolute Gasteiger partial charge is 0.262 e. The maximum absolute atomic E-state index is 11.9. The molecule has 0 saturated heterocycles. The SMILES string of the molecule is CC(C)c1noc(-c2ccc(OCC(=O)Nc3ccc(Cl)cc3)cc2)n1. The summed E-state index contributed by atoms with van der Waals surface area (Å²) in [5.41, 5.74) is 1.46. The molecular weight excluding hydrogens is 354 g/mol. The van der Waals surface area contributed by atoms with E-state index in [1.807, 2.05) is 26.0 Å². The van der Waals surface area contributed by atoms with Crippen molar-refractivity contribution in [3.05, 3.63) is 59.4 Å². The Bertz CT molecular complexity index is 874. The highest BCUT2D eigenvalue weighted by Crippen LogP contribution is 2.22. The maximum Gasteiger partial charge on any atom is 0.262 e. The third-order valence-electron chi connectivity index (χ3n) is 3.56. The number of hydrogen-bond donors (Lipinski definition) is 1. The highest BCUT2D eigenvalue weighted by Gasteiger charge is 2.11. The number of rotatable bonds is 6. The van der Waals surface area contributed by atoms with Crippen molar-refractivity contribution in [1.29, 1.82) is 0 Å². The summed E-state index contributed by atoms with van der Waals surface area (Å²) in [5, 5.41) is 7.29. The summed E-state index contributed by atoms with van der Waals surface area (Å²) in [4.78, 5) is 16.3. The van der Waals surface area contributed by atoms with Crippen molar-refractivity contribution in [3.8, 4) is 17.2 Å². The van der Waals surface area contributed by atoms with Gasteiger partial charge in [-0.25, -0.2) is 0 Å². The summed E-state index contributed by atoms with van der Waals surface area (Å²) in [5.74, 6) is 1.65. The lowest BCUT2D eigenvalue weighted by atomic mass is 10.2. The first-order chi connectivity index (χ1) is 12.5. The largest absolute Gasteiger partial charge is 0.484 e. The highest BCUT2D eigenvalue weighted by molar-refractivity contribution is 6.30. The Morgan fingerprint density at radius 2 is 1.85 bits per heavy atom. The van der Waals surface area contributed by atoms with Gasteiger partial charge in [-0.05, 0) is 48.5 Å². The van der Waals surface area contributed by atoms with Crippen molar-refractivity contribution in [2.24, 2.45) is 0 Å². The molecule has 0 atom stereocenters. The summed E-state index contributed by atoms with van der Waals surface area (Å²) in [7, 11) is 0. The predicted molar refractivity (Wildman–Crippen MR) is 99.4 cm³/mol. The molecule has 1 aromatic heterocycles. The number of aromatic nitrogens is 2. The van der Waals surface area contributed by atoms with E-state index in [4.69, 9.17) is 20.9 Å². The van der Waals surface area contributed by atoms with Gasteiger partial charge in [-0.3, -0.25) is 4.79 Å². The second-order valence-corrected chi connectivity index (χ2v) is 6.42. The van der Waals surface area contributed by atoms with Crippen molar-refractivity contribution in [1.82, 2.24) is 10.1 Å². The monoisotopic (exact) mass is 371 g/mol. The molecule has 6 nitrogen and oxygen atoms in total. The van der Waals surface area contributed by atoms with Gasteiger partial charge in [0, 0.05) is 22.2 Å². The van der Waals surface area contributed by atoms with Gasteiger partial charge in [0.15, 0.2) is 12.4 Å². The Morgan fingerprint density at radius 1 is 1.15 bits per heavy atom. The van der Waals surface area contributed by atoms with Gasteiger partial charge in [0.2, 0.25) is 0 Å². The number of nitrogens with zero attached hydrogens (tertiary/aromatic N) is 2. The molecule has 0 spiro atoms. The van der Waals surface area contributed by atoms with E-state index < -0.39 is 0 Å². The zero-order chi connectivity index (χ0) is 18.5. The van der Waals surface area contributed by atoms with Crippen LogP contribution in [0.2, 0.25) is 5.02 Å². The molecule has 0 aliphatic rings. The van der Waals surface area contributed by atoms with Crippen LogP contribution in [0.1, 0.15) is 25.6 Å². The molecule has 0 bridgehead atoms. The normalized spacial score (nSPS) is 10.8. The number of hydrogen-bond acceptors (Lipinski definition) is 5. The van der Waals surface area contributed by atoms with Gasteiger partial charge in [0.05, 0.1) is 0 Å². The van der Waals surface area contributed by atoms with Gasteiger partial charge in [-0.15, -0.1) is 0 Å². The van der Waals surface area contributed by atoms with Gasteiger partial charge in [0.1, 0.15) is 5.75 Å². The number of halogens is 1. The average Bonchev–Trinajstić information content (AvgIpc) is 3.13. The van der Waals surface area contributed by atoms with E-state index in [0.29, 0.717) is 28.2 Å². The summed E-state index contributed by atoms with van der Waals surface area (Å²) in [6.07, 6.45) is 0. The van der Waals surface area contributed by atoms with Crippen LogP contribution in [-0.2, 0) is 4.79 Å². The Labute approximate surface area is 156 Å². The molecule has 0 saturated carbocycles. The van der Waals surface area contributed by atoms with Crippen LogP contribution in [-0.4, -0.2) is 22.7 Å². The highest BCUT2D eigenvalue weighted by atomic mass is 35.5. The van der Waals surface area contributed by atoms with E-state index in [0.717, 1.165) is 5.56 Å². The molecule has 1 heterocycles. The van der Waals surface area contributed by atoms with E-state index >= 15 is 0 Å². The van der Waals surface area contributed by atoms with Crippen molar-refractivity contribution in [2.75, 3.05) is 11.9 Å². The molecule has 2 aromatic carbocycles. The van der Waals surface area contributed by atoms with E-state index in [1.54, 1.807) is 36.4 Å². The Hall–Kier alpha value is -2.86. The first-order valence-electron chi connectivity index (χ1n) is 8.13. The van der Waals surface area contributed by atoms with Crippen LogP contribution in [0, 0.1) is 0 Å². The van der Waals surface area contributed by atoms with Crippen LogP contribution in [0.15, 0.2) is 53.1 Å². The lowest BCUT2D eigenvalue weighted by molar-refractivity contribution is -0.118. The Morgan fingerprint density at radius 3 is 2.46 bits per heavy atom. The van der Waals surface area contributed by atoms with Crippen LogP contribution in [0.4, 0.5) is 5.69 Å². The quantitative estimate of drug-likeness (QED) is 0.688. The zero-order valence-corrected chi connectivity index (χ0v) is 15.2. The number of anilines is 1. The molecule has 7 heteroatoms. The molecule has 3 rings (SSSR count). The van der Waals surface area contributed by atoms with Crippen molar-refractivity contribution in [3.63, 3.8) is 0 Å². The predicted octanol–water partition coefficient (Wildman–Crippen LogP) is 4.53. The minimum Gasteiger partial charge on any atom is -0.484 e. The molecule has 3 aromatic rings. The number of carbonyl (C=O) groups is 1. The third kappa shape index (κ3) is 4.61. The maximum atomic E-state index is 11.9. The lowest BCUT2D eigenvalue weighted by Gasteiger charge is -2.08. The van der Waals surface area contributed by atoms with Gasteiger partial charge in [-0.1, -0.05) is 30.6 Å². The molecule has 0 unspecified atom stereocenters. The van der Waals surface area contributed by atoms with Crippen LogP contribution >= 0.6 is 11.6 Å². The number of benzene rings is 2. The second-order valence-electron chi connectivity index (χ2n) is 5.98. The van der Waals surface area contributed by atoms with Crippen molar-refractivity contribution >= 4 is 23.2 Å². The van der Waals surface area contributed by atoms with Crippen molar-refractivity contribution < 1.29 is 14.1 Å². The van der Waals surface area contributed by atoms with Gasteiger partial charge >= 0.3 is 0 Å². The average molecular weight is 372 g/mol. The third-order valence-corrected chi connectivity index (χ3v) is 3.81. The molecule has 1 amide bonds. The molecule has 134 valence electrons. The fourth-order valence-electron chi connectivity index (χ4n) is 2.16. The molecule has 26 heavy (non-hydrogen) atoms. The summed E-state index contributed by atoms with van der Waals surface area (Å²) in [6, 6.07) is 14.0. The van der Waals surface area contributed by atoms with Gasteiger partial charge in [0.25, 0.3) is 11.8 Å². The Kier molecular flexibility index (Phi) is 5.53. The second kappa shape index (κ2) is 8.01. The van der Waals surface area contributed by atoms with Crippen LogP contribution in [0.5, 0.6) is 5.75 Å². The molecular formula is C19H18ClN3O3. The first kappa shape index (κ1) is 17.9. The van der Waals surface area contributed by atoms with Crippen LogP contribution in [0.25, 0.3) is 11.5 Å². The summed E-state index contributed by atoms with van der Waals surface area (Å²) in [6.45, 7) is 3.90. The first-order valence-corrected chi connectivity index (χ1v) is 8.51. The topological polar surface area (TPSA) is 77.2 Å². The fourth-order valence-corrected chi connectivity index (χ4v) is 2.29. The number of nitrogens with one attached hydrogen (secondary N) is 1. The minimum atomic E-state index is -0.255. The Balaban J connectivity index is 1.55. The molecule has 1 N–H and O–H groups in total. The molecule has 0 fully saturated rings. The number of ether oxygens (including phenoxy) is 1. The van der Waals surface area contributed by atoms with E-state index in [-0.39, 0.29) is 18.4 Å². The molecule has 0 aliphatic carbocycles. The minimum absolute atomic E-state index is 0.0972. The van der Waals surface area contributed by atoms with Crippen LogP contribution in [0.3, 0.4) is 0 Å². The number of amides is 1. The number of carbonyl (C=O) groups excluding carboxylic acids is 1. The lowest BCUT2D eigenvalue weighted by Crippen LogP contribution is -2.20. The zero-order valence-electron chi connectivity index (χ0n) is 14.4. The van der Waals surface area contributed by atoms with Gasteiger partial charge in [-0.2, -0.15) is 4.98 Å². The van der Waals surface area contributed by atoms with E-state index in [9.17, 15) is 4.79 Å².